The molecule has 0 spiro atoms. The number of rotatable bonds is 6. The predicted molar refractivity (Wildman–Crippen MR) is 85.2 cm³/mol. The summed E-state index contributed by atoms with van der Waals surface area (Å²) in [6, 6.07) is 12.9. The van der Waals surface area contributed by atoms with Gasteiger partial charge in [0.15, 0.2) is 5.82 Å². The van der Waals surface area contributed by atoms with Crippen molar-refractivity contribution in [2.45, 2.75) is 12.6 Å². The van der Waals surface area contributed by atoms with E-state index in [0.717, 1.165) is 11.3 Å². The van der Waals surface area contributed by atoms with E-state index in [2.05, 4.69) is 20.4 Å². The maximum Gasteiger partial charge on any atom is 0.213 e. The van der Waals surface area contributed by atoms with Crippen molar-refractivity contribution in [3.8, 4) is 5.88 Å². The molecular formula is C16H15ClN4O2. The lowest BCUT2D eigenvalue weighted by Gasteiger charge is -2.16. The standard InChI is InChI=1S/C16H15ClN4O2/c1-22-14-4-2-3-13(20-14)9-18-15(16-19-10-23-21-16)11-5-7-12(17)8-6-11/h2-8,10,15,18H,9H2,1H3/t15-/m1/s1. The zero-order valence-corrected chi connectivity index (χ0v) is 13.2. The molecule has 0 aliphatic carbocycles. The summed E-state index contributed by atoms with van der Waals surface area (Å²) in [5.74, 6) is 1.13. The molecule has 23 heavy (non-hydrogen) atoms. The summed E-state index contributed by atoms with van der Waals surface area (Å²) in [4.78, 5) is 8.53. The van der Waals surface area contributed by atoms with E-state index in [-0.39, 0.29) is 6.04 Å². The first-order valence-corrected chi connectivity index (χ1v) is 7.39. The van der Waals surface area contributed by atoms with Crippen molar-refractivity contribution in [3.63, 3.8) is 0 Å². The fourth-order valence-electron chi connectivity index (χ4n) is 2.20. The van der Waals surface area contributed by atoms with E-state index in [4.69, 9.17) is 20.9 Å². The van der Waals surface area contributed by atoms with Gasteiger partial charge in [-0.25, -0.2) is 4.98 Å². The number of benzene rings is 1. The van der Waals surface area contributed by atoms with E-state index in [1.165, 1.54) is 6.39 Å². The molecule has 1 aromatic carbocycles. The van der Waals surface area contributed by atoms with Crippen molar-refractivity contribution in [2.75, 3.05) is 7.11 Å². The minimum atomic E-state index is -0.223. The van der Waals surface area contributed by atoms with Crippen LogP contribution < -0.4 is 10.1 Å². The number of nitrogens with zero attached hydrogens (tertiary/aromatic N) is 3. The summed E-state index contributed by atoms with van der Waals surface area (Å²) in [6.07, 6.45) is 1.31. The van der Waals surface area contributed by atoms with Crippen LogP contribution in [0.2, 0.25) is 5.02 Å². The van der Waals surface area contributed by atoms with E-state index >= 15 is 0 Å². The van der Waals surface area contributed by atoms with Crippen molar-refractivity contribution in [2.24, 2.45) is 0 Å². The zero-order valence-electron chi connectivity index (χ0n) is 12.4. The van der Waals surface area contributed by atoms with Gasteiger partial charge in [0, 0.05) is 17.6 Å². The Morgan fingerprint density at radius 1 is 1.22 bits per heavy atom. The van der Waals surface area contributed by atoms with Crippen LogP contribution in [0.15, 0.2) is 53.4 Å². The number of halogens is 1. The van der Waals surface area contributed by atoms with Crippen LogP contribution in [0.1, 0.15) is 23.1 Å². The van der Waals surface area contributed by atoms with Crippen LogP contribution in [0.5, 0.6) is 5.88 Å². The van der Waals surface area contributed by atoms with Gasteiger partial charge < -0.3 is 9.26 Å². The monoisotopic (exact) mass is 330 g/mol. The number of methoxy groups -OCH3 is 1. The van der Waals surface area contributed by atoms with Crippen molar-refractivity contribution in [1.29, 1.82) is 0 Å². The van der Waals surface area contributed by atoms with Crippen molar-refractivity contribution >= 4 is 11.6 Å². The molecular weight excluding hydrogens is 316 g/mol. The molecule has 0 radical (unpaired) electrons. The molecule has 0 fully saturated rings. The molecule has 0 saturated carbocycles. The molecule has 2 heterocycles. The molecule has 2 aromatic heterocycles. The molecule has 7 heteroatoms. The van der Waals surface area contributed by atoms with E-state index in [9.17, 15) is 0 Å². The first-order chi connectivity index (χ1) is 11.3. The SMILES string of the molecule is COc1cccc(CN[C@H](c2ccc(Cl)cc2)c2ncon2)n1. The third-order valence-electron chi connectivity index (χ3n) is 3.32. The Kier molecular flexibility index (Phi) is 4.85. The molecule has 0 aliphatic heterocycles. The Balaban J connectivity index is 1.80. The van der Waals surface area contributed by atoms with Crippen LogP contribution in [0, 0.1) is 0 Å². The molecule has 0 bridgehead atoms. The van der Waals surface area contributed by atoms with Gasteiger partial charge in [0.1, 0.15) is 0 Å². The van der Waals surface area contributed by atoms with Crippen LogP contribution in [0.25, 0.3) is 0 Å². The molecule has 0 amide bonds. The number of hydrogen-bond acceptors (Lipinski definition) is 6. The molecule has 1 N–H and O–H groups in total. The predicted octanol–water partition coefficient (Wildman–Crippen LogP) is 3.01. The first kappa shape index (κ1) is 15.5. The highest BCUT2D eigenvalue weighted by Crippen LogP contribution is 2.21. The van der Waals surface area contributed by atoms with E-state index in [1.54, 1.807) is 13.2 Å². The highest BCUT2D eigenvalue weighted by Gasteiger charge is 2.18. The maximum atomic E-state index is 5.95. The Bertz CT molecular complexity index is 747. The summed E-state index contributed by atoms with van der Waals surface area (Å²) in [6.45, 7) is 0.527. The van der Waals surface area contributed by atoms with Crippen LogP contribution in [0.3, 0.4) is 0 Å². The Morgan fingerprint density at radius 2 is 2.04 bits per heavy atom. The minimum Gasteiger partial charge on any atom is -0.481 e. The van der Waals surface area contributed by atoms with Gasteiger partial charge in [0.05, 0.1) is 18.8 Å². The largest absolute Gasteiger partial charge is 0.481 e. The quantitative estimate of drug-likeness (QED) is 0.749. The number of ether oxygens (including phenoxy) is 1. The molecule has 118 valence electrons. The van der Waals surface area contributed by atoms with Crippen molar-refractivity contribution in [3.05, 3.63) is 71.0 Å². The van der Waals surface area contributed by atoms with Gasteiger partial charge in [-0.05, 0) is 23.8 Å². The second-order valence-corrected chi connectivity index (χ2v) is 5.26. The molecule has 3 rings (SSSR count). The van der Waals surface area contributed by atoms with Crippen molar-refractivity contribution < 1.29 is 9.26 Å². The number of hydrogen-bond donors (Lipinski definition) is 1. The lowest BCUT2D eigenvalue weighted by Crippen LogP contribution is -2.23. The highest BCUT2D eigenvalue weighted by molar-refractivity contribution is 6.30. The number of aromatic nitrogens is 3. The fraction of sp³-hybridized carbons (Fsp3) is 0.188. The molecule has 0 aliphatic rings. The average Bonchev–Trinajstić information content (AvgIpc) is 3.11. The third-order valence-corrected chi connectivity index (χ3v) is 3.57. The van der Waals surface area contributed by atoms with E-state index in [1.807, 2.05) is 36.4 Å². The van der Waals surface area contributed by atoms with Crippen LogP contribution in [0.4, 0.5) is 0 Å². The van der Waals surface area contributed by atoms with Gasteiger partial charge in [-0.2, -0.15) is 4.98 Å². The average molecular weight is 331 g/mol. The van der Waals surface area contributed by atoms with E-state index in [0.29, 0.717) is 23.3 Å². The zero-order chi connectivity index (χ0) is 16.1. The molecule has 1 atom stereocenters. The van der Waals surface area contributed by atoms with Gasteiger partial charge in [-0.3, -0.25) is 5.32 Å². The summed E-state index contributed by atoms with van der Waals surface area (Å²) < 4.78 is 10.0. The highest BCUT2D eigenvalue weighted by atomic mass is 35.5. The number of nitrogens with one attached hydrogen (secondary N) is 1. The van der Waals surface area contributed by atoms with Crippen LogP contribution in [-0.2, 0) is 6.54 Å². The topological polar surface area (TPSA) is 73.1 Å². The smallest absolute Gasteiger partial charge is 0.213 e. The fourth-order valence-corrected chi connectivity index (χ4v) is 2.32. The lowest BCUT2D eigenvalue weighted by atomic mass is 10.1. The van der Waals surface area contributed by atoms with Crippen LogP contribution >= 0.6 is 11.6 Å². The summed E-state index contributed by atoms with van der Waals surface area (Å²) in [7, 11) is 1.59. The lowest BCUT2D eigenvalue weighted by molar-refractivity contribution is 0.393. The maximum absolute atomic E-state index is 5.95. The molecule has 0 unspecified atom stereocenters. The molecule has 6 nitrogen and oxygen atoms in total. The Morgan fingerprint density at radius 3 is 2.74 bits per heavy atom. The Hall–Kier alpha value is -2.44. The van der Waals surface area contributed by atoms with Gasteiger partial charge in [0.25, 0.3) is 0 Å². The molecule has 3 aromatic rings. The normalized spacial score (nSPS) is 12.1. The minimum absolute atomic E-state index is 0.223. The first-order valence-electron chi connectivity index (χ1n) is 7.01. The molecule has 0 saturated heterocycles. The van der Waals surface area contributed by atoms with Gasteiger partial charge in [-0.1, -0.05) is 35.0 Å². The van der Waals surface area contributed by atoms with E-state index < -0.39 is 0 Å². The third kappa shape index (κ3) is 3.85. The summed E-state index contributed by atoms with van der Waals surface area (Å²) >= 11 is 5.95. The second kappa shape index (κ2) is 7.21. The summed E-state index contributed by atoms with van der Waals surface area (Å²) in [5.41, 5.74) is 1.84. The van der Waals surface area contributed by atoms with Gasteiger partial charge >= 0.3 is 0 Å². The van der Waals surface area contributed by atoms with Crippen molar-refractivity contribution in [1.82, 2.24) is 20.4 Å². The summed E-state index contributed by atoms with van der Waals surface area (Å²) in [5, 5.41) is 7.99. The Labute approximate surface area is 138 Å². The van der Waals surface area contributed by atoms with Gasteiger partial charge in [-0.15, -0.1) is 0 Å². The van der Waals surface area contributed by atoms with Gasteiger partial charge in [0.2, 0.25) is 12.3 Å². The second-order valence-electron chi connectivity index (χ2n) is 4.83. The van der Waals surface area contributed by atoms with Crippen LogP contribution in [-0.4, -0.2) is 22.2 Å². The number of pyridine rings is 1.